The minimum absolute atomic E-state index is 0.0906. The van der Waals surface area contributed by atoms with Gasteiger partial charge in [0.15, 0.2) is 0 Å². The molecule has 30 heavy (non-hydrogen) atoms. The van der Waals surface area contributed by atoms with Crippen LogP contribution in [0.25, 0.3) is 0 Å². The number of ether oxygens (including phenoxy) is 2. The number of benzene rings is 2. The maximum Gasteiger partial charge on any atom is 0.229 e. The molecule has 6 nitrogen and oxygen atoms in total. The first-order chi connectivity index (χ1) is 14.6. The molecule has 0 aromatic heterocycles. The Labute approximate surface area is 178 Å². The summed E-state index contributed by atoms with van der Waals surface area (Å²) in [5.74, 6) is 1.06. The smallest absolute Gasteiger partial charge is 0.229 e. The van der Waals surface area contributed by atoms with Crippen molar-refractivity contribution in [3.63, 3.8) is 0 Å². The number of amides is 2. The van der Waals surface area contributed by atoms with Crippen LogP contribution in [-0.4, -0.2) is 37.5 Å². The van der Waals surface area contributed by atoms with Gasteiger partial charge >= 0.3 is 0 Å². The summed E-state index contributed by atoms with van der Waals surface area (Å²) in [4.78, 5) is 28.0. The third kappa shape index (κ3) is 4.75. The van der Waals surface area contributed by atoms with Crippen LogP contribution < -0.4 is 14.8 Å². The van der Waals surface area contributed by atoms with Crippen molar-refractivity contribution in [3.05, 3.63) is 54.1 Å². The van der Waals surface area contributed by atoms with Crippen LogP contribution in [0, 0.1) is 5.92 Å². The van der Waals surface area contributed by atoms with Gasteiger partial charge in [-0.1, -0.05) is 31.5 Å². The van der Waals surface area contributed by atoms with E-state index in [1.165, 1.54) is 0 Å². The molecule has 0 spiro atoms. The van der Waals surface area contributed by atoms with E-state index in [0.29, 0.717) is 30.8 Å². The molecule has 1 saturated heterocycles. The second-order valence-electron chi connectivity index (χ2n) is 7.49. The van der Waals surface area contributed by atoms with E-state index in [1.807, 2.05) is 53.4 Å². The number of likely N-dealkylation sites (tertiary alicyclic amines) is 1. The maximum absolute atomic E-state index is 13.3. The highest BCUT2D eigenvalue weighted by molar-refractivity contribution is 5.94. The number of anilines is 1. The number of nitrogens with one attached hydrogen (secondary N) is 1. The molecule has 0 saturated carbocycles. The highest BCUT2D eigenvalue weighted by Gasteiger charge is 2.41. The molecular weight excluding hydrogens is 380 g/mol. The lowest BCUT2D eigenvalue weighted by molar-refractivity contribution is -0.142. The first-order valence-electron chi connectivity index (χ1n) is 10.5. The lowest BCUT2D eigenvalue weighted by atomic mass is 9.83. The molecular formula is C24H30N2O4. The molecule has 0 radical (unpaired) electrons. The van der Waals surface area contributed by atoms with Gasteiger partial charge < -0.3 is 19.7 Å². The highest BCUT2D eigenvalue weighted by atomic mass is 16.5. The van der Waals surface area contributed by atoms with Crippen molar-refractivity contribution in [2.45, 2.75) is 38.6 Å². The number of methoxy groups -OCH3 is 2. The molecule has 3 rings (SSSR count). The fraction of sp³-hybridized carbons (Fsp3) is 0.417. The van der Waals surface area contributed by atoms with Crippen molar-refractivity contribution < 1.29 is 19.1 Å². The van der Waals surface area contributed by atoms with Gasteiger partial charge in [-0.3, -0.25) is 9.59 Å². The highest BCUT2D eigenvalue weighted by Crippen LogP contribution is 2.41. The standard InChI is InChI=1S/C24H30N2O4/c1-4-5-16-26-22(27)15-14-20(23(26)19-8-6-7-9-21(19)30-3)24(28)25-17-10-12-18(29-2)13-11-17/h6-13,20,23H,4-5,14-16H2,1-3H3,(H,25,28). The lowest BCUT2D eigenvalue weighted by Gasteiger charge is -2.41. The van der Waals surface area contributed by atoms with Gasteiger partial charge in [0.05, 0.1) is 26.2 Å². The van der Waals surface area contributed by atoms with E-state index >= 15 is 0 Å². The molecule has 1 aliphatic rings. The Morgan fingerprint density at radius 3 is 2.50 bits per heavy atom. The molecule has 2 unspecified atom stereocenters. The van der Waals surface area contributed by atoms with E-state index in [1.54, 1.807) is 14.2 Å². The SMILES string of the molecule is CCCCN1C(=O)CCC(C(=O)Nc2ccc(OC)cc2)C1c1ccccc1OC. The van der Waals surface area contributed by atoms with Gasteiger partial charge in [0.25, 0.3) is 0 Å². The Morgan fingerprint density at radius 1 is 1.10 bits per heavy atom. The summed E-state index contributed by atoms with van der Waals surface area (Å²) in [5, 5.41) is 3.02. The fourth-order valence-corrected chi connectivity index (χ4v) is 4.02. The molecule has 1 heterocycles. The molecule has 2 atom stereocenters. The number of carbonyl (C=O) groups is 2. The van der Waals surface area contributed by atoms with Crippen LogP contribution in [0.3, 0.4) is 0 Å². The van der Waals surface area contributed by atoms with Crippen LogP contribution in [0.15, 0.2) is 48.5 Å². The van der Waals surface area contributed by atoms with Crippen LogP contribution in [-0.2, 0) is 9.59 Å². The minimum Gasteiger partial charge on any atom is -0.497 e. The van der Waals surface area contributed by atoms with Crippen molar-refractivity contribution in [1.29, 1.82) is 0 Å². The first kappa shape index (κ1) is 21.7. The molecule has 160 valence electrons. The number of nitrogens with zero attached hydrogens (tertiary/aromatic N) is 1. The van der Waals surface area contributed by atoms with Gasteiger partial charge in [0.2, 0.25) is 11.8 Å². The molecule has 1 N–H and O–H groups in total. The van der Waals surface area contributed by atoms with Crippen LogP contribution in [0.2, 0.25) is 0 Å². The summed E-state index contributed by atoms with van der Waals surface area (Å²) >= 11 is 0. The lowest BCUT2D eigenvalue weighted by Crippen LogP contribution is -2.47. The summed E-state index contributed by atoms with van der Waals surface area (Å²) in [5.41, 5.74) is 1.58. The number of rotatable bonds is 8. The molecule has 1 aliphatic heterocycles. The van der Waals surface area contributed by atoms with Gasteiger partial charge in [0, 0.05) is 24.2 Å². The summed E-state index contributed by atoms with van der Waals surface area (Å²) < 4.78 is 10.8. The van der Waals surface area contributed by atoms with Crippen LogP contribution in [0.4, 0.5) is 5.69 Å². The van der Waals surface area contributed by atoms with Crippen molar-refractivity contribution in [2.24, 2.45) is 5.92 Å². The first-order valence-corrected chi connectivity index (χ1v) is 10.5. The van der Waals surface area contributed by atoms with E-state index in [9.17, 15) is 9.59 Å². The van der Waals surface area contributed by atoms with Crippen molar-refractivity contribution >= 4 is 17.5 Å². The second kappa shape index (κ2) is 10.1. The monoisotopic (exact) mass is 410 g/mol. The van der Waals surface area contributed by atoms with Gasteiger partial charge in [-0.25, -0.2) is 0 Å². The van der Waals surface area contributed by atoms with Gasteiger partial charge in [-0.15, -0.1) is 0 Å². The predicted molar refractivity (Wildman–Crippen MR) is 117 cm³/mol. The zero-order valence-electron chi connectivity index (χ0n) is 17.9. The van der Waals surface area contributed by atoms with E-state index in [0.717, 1.165) is 24.2 Å². The zero-order valence-corrected chi connectivity index (χ0v) is 17.9. The summed E-state index contributed by atoms with van der Waals surface area (Å²) in [7, 11) is 3.22. The summed E-state index contributed by atoms with van der Waals surface area (Å²) in [6.45, 7) is 2.73. The van der Waals surface area contributed by atoms with Gasteiger partial charge in [0.1, 0.15) is 11.5 Å². The van der Waals surface area contributed by atoms with Crippen molar-refractivity contribution in [2.75, 3.05) is 26.1 Å². The summed E-state index contributed by atoms with van der Waals surface area (Å²) in [6.07, 6.45) is 2.75. The van der Waals surface area contributed by atoms with Gasteiger partial charge in [-0.05, 0) is 43.2 Å². The number of para-hydroxylation sites is 1. The Morgan fingerprint density at radius 2 is 1.83 bits per heavy atom. The molecule has 0 bridgehead atoms. The van der Waals surface area contributed by atoms with Crippen LogP contribution in [0.5, 0.6) is 11.5 Å². The molecule has 2 aromatic carbocycles. The number of carbonyl (C=O) groups excluding carboxylic acids is 2. The third-order valence-corrected chi connectivity index (χ3v) is 5.61. The van der Waals surface area contributed by atoms with Crippen LogP contribution >= 0.6 is 0 Å². The number of unbranched alkanes of at least 4 members (excludes halogenated alkanes) is 1. The van der Waals surface area contributed by atoms with E-state index in [-0.39, 0.29) is 23.8 Å². The molecule has 6 heteroatoms. The predicted octanol–water partition coefficient (Wildman–Crippen LogP) is 4.42. The Bertz CT molecular complexity index is 866. The quantitative estimate of drug-likeness (QED) is 0.699. The van der Waals surface area contributed by atoms with Gasteiger partial charge in [-0.2, -0.15) is 0 Å². The molecule has 2 amide bonds. The molecule has 1 fully saturated rings. The Kier molecular flexibility index (Phi) is 7.33. The average molecular weight is 411 g/mol. The van der Waals surface area contributed by atoms with E-state index in [2.05, 4.69) is 12.2 Å². The molecule has 2 aromatic rings. The normalized spacial score (nSPS) is 18.8. The number of hydrogen-bond acceptors (Lipinski definition) is 4. The van der Waals surface area contributed by atoms with Crippen LogP contribution in [0.1, 0.15) is 44.2 Å². The van der Waals surface area contributed by atoms with E-state index < -0.39 is 0 Å². The minimum atomic E-state index is -0.363. The topological polar surface area (TPSA) is 67.9 Å². The van der Waals surface area contributed by atoms with Crippen molar-refractivity contribution in [3.8, 4) is 11.5 Å². The number of hydrogen-bond donors (Lipinski definition) is 1. The second-order valence-corrected chi connectivity index (χ2v) is 7.49. The van der Waals surface area contributed by atoms with Crippen molar-refractivity contribution in [1.82, 2.24) is 4.90 Å². The zero-order chi connectivity index (χ0) is 21.5. The average Bonchev–Trinajstić information content (AvgIpc) is 2.78. The Hall–Kier alpha value is -3.02. The largest absolute Gasteiger partial charge is 0.497 e. The summed E-state index contributed by atoms with van der Waals surface area (Å²) in [6, 6.07) is 14.6. The van der Waals surface area contributed by atoms with E-state index in [4.69, 9.17) is 9.47 Å². The Balaban J connectivity index is 1.92. The molecule has 0 aliphatic carbocycles. The maximum atomic E-state index is 13.3. The number of piperidine rings is 1. The fourth-order valence-electron chi connectivity index (χ4n) is 4.02. The third-order valence-electron chi connectivity index (χ3n) is 5.61.